The molecule has 0 amide bonds. The van der Waals surface area contributed by atoms with Gasteiger partial charge in [-0.1, -0.05) is 76.3 Å². The second kappa shape index (κ2) is 11.1. The highest BCUT2D eigenvalue weighted by molar-refractivity contribution is 5.18. The number of aromatic nitrogens is 2. The number of nitrogens with zero attached hydrogens (tertiary/aromatic N) is 2. The first-order valence-corrected chi connectivity index (χ1v) is 9.96. The fourth-order valence-corrected chi connectivity index (χ4v) is 3.37. The Labute approximate surface area is 148 Å². The molecule has 0 aliphatic carbocycles. The fraction of sp³-hybridized carbons (Fsp3) is 0.591. The first-order valence-electron chi connectivity index (χ1n) is 9.96. The van der Waals surface area contributed by atoms with E-state index in [0.717, 1.165) is 19.5 Å². The summed E-state index contributed by atoms with van der Waals surface area (Å²) in [6.07, 6.45) is 16.4. The minimum Gasteiger partial charge on any atom is -0.234 e. The summed E-state index contributed by atoms with van der Waals surface area (Å²) in [7, 11) is 0. The molecule has 2 nitrogen and oxygen atoms in total. The van der Waals surface area contributed by atoms with Crippen molar-refractivity contribution in [1.82, 2.24) is 4.57 Å². The van der Waals surface area contributed by atoms with Crippen LogP contribution in [0.4, 0.5) is 0 Å². The van der Waals surface area contributed by atoms with E-state index in [4.69, 9.17) is 0 Å². The number of benzene rings is 1. The Hall–Kier alpha value is -1.57. The maximum Gasteiger partial charge on any atom is 0.260 e. The van der Waals surface area contributed by atoms with Crippen molar-refractivity contribution in [2.45, 2.75) is 84.7 Å². The maximum atomic E-state index is 2.48. The molecule has 0 spiro atoms. The van der Waals surface area contributed by atoms with Crippen molar-refractivity contribution in [3.63, 3.8) is 0 Å². The smallest absolute Gasteiger partial charge is 0.234 e. The van der Waals surface area contributed by atoms with Crippen LogP contribution in [0.1, 0.15) is 76.6 Å². The quantitative estimate of drug-likeness (QED) is 0.358. The molecular formula is C22H35N2+. The third-order valence-corrected chi connectivity index (χ3v) is 4.76. The van der Waals surface area contributed by atoms with Crippen molar-refractivity contribution in [1.29, 1.82) is 0 Å². The summed E-state index contributed by atoms with van der Waals surface area (Å²) in [6, 6.07) is 10.9. The molecule has 0 aliphatic rings. The van der Waals surface area contributed by atoms with Crippen LogP contribution in [0.3, 0.4) is 0 Å². The Bertz CT molecular complexity index is 557. The van der Waals surface area contributed by atoms with Crippen molar-refractivity contribution in [2.24, 2.45) is 0 Å². The van der Waals surface area contributed by atoms with Crippen molar-refractivity contribution < 1.29 is 4.57 Å². The highest BCUT2D eigenvalue weighted by Gasteiger charge is 2.16. The van der Waals surface area contributed by atoms with Gasteiger partial charge in [-0.15, -0.1) is 0 Å². The highest BCUT2D eigenvalue weighted by Crippen LogP contribution is 2.11. The van der Waals surface area contributed by atoms with Crippen molar-refractivity contribution in [2.75, 3.05) is 0 Å². The van der Waals surface area contributed by atoms with Crippen LogP contribution >= 0.6 is 0 Å². The van der Waals surface area contributed by atoms with Gasteiger partial charge >= 0.3 is 0 Å². The molecule has 0 radical (unpaired) electrons. The number of rotatable bonds is 12. The van der Waals surface area contributed by atoms with Gasteiger partial charge in [0.1, 0.15) is 12.4 Å². The molecule has 0 saturated carbocycles. The van der Waals surface area contributed by atoms with Gasteiger partial charge in [0.05, 0.1) is 19.5 Å². The predicted octanol–water partition coefficient (Wildman–Crippen LogP) is 5.53. The lowest BCUT2D eigenvalue weighted by Crippen LogP contribution is -2.37. The summed E-state index contributed by atoms with van der Waals surface area (Å²) in [4.78, 5) is 0. The topological polar surface area (TPSA) is 8.81 Å². The van der Waals surface area contributed by atoms with E-state index < -0.39 is 0 Å². The van der Waals surface area contributed by atoms with Crippen LogP contribution in [0.15, 0.2) is 42.7 Å². The summed E-state index contributed by atoms with van der Waals surface area (Å²) in [5, 5.41) is 0. The average Bonchev–Trinajstić information content (AvgIpc) is 2.97. The van der Waals surface area contributed by atoms with Gasteiger partial charge in [0.2, 0.25) is 0 Å². The van der Waals surface area contributed by atoms with Gasteiger partial charge < -0.3 is 0 Å². The van der Waals surface area contributed by atoms with E-state index in [1.54, 1.807) is 0 Å². The van der Waals surface area contributed by atoms with Gasteiger partial charge in [0, 0.05) is 0 Å². The molecule has 1 aromatic carbocycles. The Morgan fingerprint density at radius 3 is 2.25 bits per heavy atom. The number of aryl methyl sites for hydroxylation is 2. The lowest BCUT2D eigenvalue weighted by atomic mass is 10.1. The van der Waals surface area contributed by atoms with Crippen LogP contribution in [0.5, 0.6) is 0 Å². The minimum atomic E-state index is 1.03. The van der Waals surface area contributed by atoms with Crippen LogP contribution in [-0.4, -0.2) is 4.57 Å². The fourth-order valence-electron chi connectivity index (χ4n) is 3.37. The Balaban J connectivity index is 1.89. The summed E-state index contributed by atoms with van der Waals surface area (Å²) in [5.41, 5.74) is 1.40. The SMILES string of the molecule is CCCCCCCCCn1cc[n+](CCC)c1Cc1ccccc1. The zero-order chi connectivity index (χ0) is 17.0. The molecule has 0 unspecified atom stereocenters. The molecule has 0 atom stereocenters. The first-order chi connectivity index (χ1) is 11.8. The van der Waals surface area contributed by atoms with Gasteiger partial charge in [0.25, 0.3) is 5.82 Å². The lowest BCUT2D eigenvalue weighted by molar-refractivity contribution is -0.703. The number of unbranched alkanes of at least 4 members (excludes halogenated alkanes) is 6. The zero-order valence-electron chi connectivity index (χ0n) is 15.7. The van der Waals surface area contributed by atoms with E-state index >= 15 is 0 Å². The third-order valence-electron chi connectivity index (χ3n) is 4.76. The highest BCUT2D eigenvalue weighted by atomic mass is 15.1. The molecule has 0 aliphatic heterocycles. The standard InChI is InChI=1S/C22H35N2/c1-3-5-6-7-8-9-13-17-24-19-18-23(16-4-2)22(24)20-21-14-11-10-12-15-21/h10-12,14-15,18-19H,3-9,13,16-17,20H2,1-2H3/q+1. The van der Waals surface area contributed by atoms with Gasteiger partial charge in [-0.05, 0) is 24.8 Å². The molecule has 132 valence electrons. The molecule has 2 heteroatoms. The summed E-state index contributed by atoms with van der Waals surface area (Å²) in [6.45, 7) is 6.82. The average molecular weight is 328 g/mol. The molecule has 2 aromatic rings. The van der Waals surface area contributed by atoms with Gasteiger partial charge in [-0.25, -0.2) is 9.13 Å². The molecule has 1 heterocycles. The van der Waals surface area contributed by atoms with Crippen LogP contribution in [0.25, 0.3) is 0 Å². The molecule has 1 aromatic heterocycles. The van der Waals surface area contributed by atoms with Gasteiger partial charge in [0.15, 0.2) is 0 Å². The summed E-state index contributed by atoms with van der Waals surface area (Å²) < 4.78 is 4.92. The normalized spacial score (nSPS) is 11.1. The molecule has 24 heavy (non-hydrogen) atoms. The van der Waals surface area contributed by atoms with Crippen molar-refractivity contribution in [3.05, 3.63) is 54.1 Å². The predicted molar refractivity (Wildman–Crippen MR) is 102 cm³/mol. The van der Waals surface area contributed by atoms with E-state index in [1.165, 1.54) is 62.8 Å². The molecule has 0 bridgehead atoms. The number of hydrogen-bond donors (Lipinski definition) is 0. The second-order valence-corrected chi connectivity index (χ2v) is 6.88. The van der Waals surface area contributed by atoms with Crippen LogP contribution in [0, 0.1) is 0 Å². The molecule has 2 rings (SSSR count). The van der Waals surface area contributed by atoms with E-state index in [2.05, 4.69) is 65.7 Å². The first kappa shape index (κ1) is 18.8. The number of imidazole rings is 1. The second-order valence-electron chi connectivity index (χ2n) is 6.88. The Kier molecular flexibility index (Phi) is 8.65. The van der Waals surface area contributed by atoms with E-state index in [1.807, 2.05) is 0 Å². The van der Waals surface area contributed by atoms with E-state index in [9.17, 15) is 0 Å². The largest absolute Gasteiger partial charge is 0.260 e. The van der Waals surface area contributed by atoms with Crippen LogP contribution in [0.2, 0.25) is 0 Å². The molecule has 0 saturated heterocycles. The monoisotopic (exact) mass is 327 g/mol. The molecule has 0 fully saturated rings. The van der Waals surface area contributed by atoms with Crippen LogP contribution < -0.4 is 4.57 Å². The molecule has 0 N–H and O–H groups in total. The number of hydrogen-bond acceptors (Lipinski definition) is 0. The summed E-state index contributed by atoms with van der Waals surface area (Å²) in [5.74, 6) is 1.45. The Morgan fingerprint density at radius 2 is 1.54 bits per heavy atom. The summed E-state index contributed by atoms with van der Waals surface area (Å²) >= 11 is 0. The third kappa shape index (κ3) is 6.14. The van der Waals surface area contributed by atoms with Crippen molar-refractivity contribution in [3.8, 4) is 0 Å². The van der Waals surface area contributed by atoms with E-state index in [0.29, 0.717) is 0 Å². The zero-order valence-corrected chi connectivity index (χ0v) is 15.7. The van der Waals surface area contributed by atoms with E-state index in [-0.39, 0.29) is 0 Å². The molecular weight excluding hydrogens is 292 g/mol. The Morgan fingerprint density at radius 1 is 0.833 bits per heavy atom. The van der Waals surface area contributed by atoms with Crippen molar-refractivity contribution >= 4 is 0 Å². The van der Waals surface area contributed by atoms with Gasteiger partial charge in [-0.3, -0.25) is 0 Å². The minimum absolute atomic E-state index is 1.03. The van der Waals surface area contributed by atoms with Crippen LogP contribution in [-0.2, 0) is 19.5 Å². The maximum absolute atomic E-state index is 2.48. The van der Waals surface area contributed by atoms with Gasteiger partial charge in [-0.2, -0.15) is 0 Å². The lowest BCUT2D eigenvalue weighted by Gasteiger charge is -2.06.